The van der Waals surface area contributed by atoms with Crippen LogP contribution in [0, 0.1) is 0 Å². The standard InChI is InChI=1S/C10H14ClN3O2S.ClH/c1-5(7-2-3-8(11)17-7)14-10(16)6(12)4-9(13)15;/h2-3,5-6H,4,12H2,1H3,(H2,13,15)(H,14,16);1H. The minimum Gasteiger partial charge on any atom is -0.370 e. The summed E-state index contributed by atoms with van der Waals surface area (Å²) in [4.78, 5) is 23.1. The van der Waals surface area contributed by atoms with Gasteiger partial charge in [-0.3, -0.25) is 9.59 Å². The van der Waals surface area contributed by atoms with Gasteiger partial charge in [0.15, 0.2) is 0 Å². The molecule has 0 radical (unpaired) electrons. The average molecular weight is 312 g/mol. The van der Waals surface area contributed by atoms with Crippen LogP contribution in [-0.4, -0.2) is 17.9 Å². The van der Waals surface area contributed by atoms with Crippen molar-refractivity contribution < 1.29 is 9.59 Å². The zero-order valence-corrected chi connectivity index (χ0v) is 12.1. The Kier molecular flexibility index (Phi) is 7.23. The summed E-state index contributed by atoms with van der Waals surface area (Å²) in [6, 6.07) is 2.48. The van der Waals surface area contributed by atoms with E-state index >= 15 is 0 Å². The van der Waals surface area contributed by atoms with Crippen LogP contribution in [0.2, 0.25) is 4.34 Å². The molecule has 2 amide bonds. The van der Waals surface area contributed by atoms with E-state index in [1.165, 1.54) is 11.3 Å². The van der Waals surface area contributed by atoms with Crippen molar-refractivity contribution in [1.29, 1.82) is 0 Å². The fraction of sp³-hybridized carbons (Fsp3) is 0.400. The Hall–Kier alpha value is -0.820. The molecule has 0 saturated carbocycles. The Morgan fingerprint density at radius 3 is 2.56 bits per heavy atom. The second-order valence-electron chi connectivity index (χ2n) is 3.65. The minimum atomic E-state index is -0.912. The SMILES string of the molecule is CC(NC(=O)C(N)CC(N)=O)c1ccc(Cl)s1.Cl. The van der Waals surface area contributed by atoms with Crippen LogP contribution in [0.4, 0.5) is 0 Å². The number of hydrogen-bond acceptors (Lipinski definition) is 4. The first kappa shape index (κ1) is 17.2. The highest BCUT2D eigenvalue weighted by molar-refractivity contribution is 7.16. The zero-order valence-electron chi connectivity index (χ0n) is 9.68. The number of carbonyl (C=O) groups is 2. The van der Waals surface area contributed by atoms with E-state index in [9.17, 15) is 9.59 Å². The quantitative estimate of drug-likeness (QED) is 0.762. The highest BCUT2D eigenvalue weighted by Crippen LogP contribution is 2.26. The molecule has 0 spiro atoms. The molecule has 1 aromatic rings. The Balaban J connectivity index is 0.00000289. The van der Waals surface area contributed by atoms with Gasteiger partial charge in [-0.25, -0.2) is 0 Å². The summed E-state index contributed by atoms with van der Waals surface area (Å²) in [7, 11) is 0. The fourth-order valence-electron chi connectivity index (χ4n) is 1.26. The lowest BCUT2D eigenvalue weighted by Crippen LogP contribution is -2.43. The lowest BCUT2D eigenvalue weighted by Gasteiger charge is -2.15. The summed E-state index contributed by atoms with van der Waals surface area (Å²) in [6.07, 6.45) is -0.163. The number of amides is 2. The lowest BCUT2D eigenvalue weighted by molar-refractivity contribution is -0.126. The fourth-order valence-corrected chi connectivity index (χ4v) is 2.33. The number of nitrogens with two attached hydrogens (primary N) is 2. The first-order chi connectivity index (χ1) is 7.90. The molecular formula is C10H15Cl2N3O2S. The highest BCUT2D eigenvalue weighted by Gasteiger charge is 2.19. The molecule has 1 aromatic heterocycles. The molecule has 2 unspecified atom stereocenters. The van der Waals surface area contributed by atoms with Crippen LogP contribution in [0.3, 0.4) is 0 Å². The van der Waals surface area contributed by atoms with Crippen LogP contribution in [0.25, 0.3) is 0 Å². The Labute approximate surface area is 120 Å². The van der Waals surface area contributed by atoms with Crippen molar-refractivity contribution >= 4 is 47.2 Å². The predicted molar refractivity (Wildman–Crippen MR) is 74.9 cm³/mol. The van der Waals surface area contributed by atoms with Gasteiger partial charge in [0.1, 0.15) is 0 Å². The van der Waals surface area contributed by atoms with Crippen molar-refractivity contribution in [2.75, 3.05) is 0 Å². The average Bonchev–Trinajstić information content (AvgIpc) is 2.63. The summed E-state index contributed by atoms with van der Waals surface area (Å²) in [5.41, 5.74) is 10.5. The van der Waals surface area contributed by atoms with Crippen molar-refractivity contribution in [3.63, 3.8) is 0 Å². The molecule has 0 bridgehead atoms. The largest absolute Gasteiger partial charge is 0.370 e. The van der Waals surface area contributed by atoms with Crippen molar-refractivity contribution in [3.05, 3.63) is 21.3 Å². The summed E-state index contributed by atoms with van der Waals surface area (Å²) < 4.78 is 0.655. The monoisotopic (exact) mass is 311 g/mol. The normalized spacial score (nSPS) is 13.3. The molecular weight excluding hydrogens is 297 g/mol. The minimum absolute atomic E-state index is 0. The smallest absolute Gasteiger partial charge is 0.237 e. The van der Waals surface area contributed by atoms with Crippen LogP contribution >= 0.6 is 35.3 Å². The van der Waals surface area contributed by atoms with Crippen LogP contribution in [0.5, 0.6) is 0 Å². The number of thiophene rings is 1. The molecule has 2 atom stereocenters. The second kappa shape index (κ2) is 7.58. The van der Waals surface area contributed by atoms with E-state index < -0.39 is 17.9 Å². The van der Waals surface area contributed by atoms with Crippen LogP contribution < -0.4 is 16.8 Å². The number of halogens is 2. The molecule has 8 heteroatoms. The van der Waals surface area contributed by atoms with Gasteiger partial charge in [0, 0.05) is 4.88 Å². The third-order valence-electron chi connectivity index (χ3n) is 2.14. The summed E-state index contributed by atoms with van der Waals surface area (Å²) in [6.45, 7) is 1.82. The second-order valence-corrected chi connectivity index (χ2v) is 5.40. The number of rotatable bonds is 5. The number of primary amides is 1. The van der Waals surface area contributed by atoms with Gasteiger partial charge in [0.25, 0.3) is 0 Å². The zero-order chi connectivity index (χ0) is 13.0. The van der Waals surface area contributed by atoms with Gasteiger partial charge in [0.2, 0.25) is 11.8 Å². The van der Waals surface area contributed by atoms with E-state index in [1.807, 2.05) is 13.0 Å². The van der Waals surface area contributed by atoms with Crippen molar-refractivity contribution in [2.45, 2.75) is 25.4 Å². The van der Waals surface area contributed by atoms with Crippen molar-refractivity contribution in [2.24, 2.45) is 11.5 Å². The Morgan fingerprint density at radius 1 is 1.50 bits per heavy atom. The number of nitrogens with one attached hydrogen (secondary N) is 1. The van der Waals surface area contributed by atoms with Gasteiger partial charge in [-0.05, 0) is 19.1 Å². The number of hydrogen-bond donors (Lipinski definition) is 3. The molecule has 0 aromatic carbocycles. The summed E-state index contributed by atoms with van der Waals surface area (Å²) in [5.74, 6) is -1.000. The number of carbonyl (C=O) groups excluding carboxylic acids is 2. The lowest BCUT2D eigenvalue weighted by atomic mass is 10.2. The Morgan fingerprint density at radius 2 is 2.11 bits per heavy atom. The maximum Gasteiger partial charge on any atom is 0.237 e. The third-order valence-corrected chi connectivity index (χ3v) is 3.55. The molecule has 5 nitrogen and oxygen atoms in total. The van der Waals surface area contributed by atoms with Crippen molar-refractivity contribution in [1.82, 2.24) is 5.32 Å². The van der Waals surface area contributed by atoms with Gasteiger partial charge in [-0.2, -0.15) is 0 Å². The molecule has 5 N–H and O–H groups in total. The molecule has 102 valence electrons. The van der Waals surface area contributed by atoms with Gasteiger partial charge in [-0.1, -0.05) is 11.6 Å². The third kappa shape index (κ3) is 5.22. The van der Waals surface area contributed by atoms with E-state index in [1.54, 1.807) is 6.07 Å². The molecule has 18 heavy (non-hydrogen) atoms. The first-order valence-corrected chi connectivity index (χ1v) is 6.19. The maximum absolute atomic E-state index is 11.6. The first-order valence-electron chi connectivity index (χ1n) is 4.99. The molecule has 0 aliphatic heterocycles. The van der Waals surface area contributed by atoms with Crippen LogP contribution in [0.1, 0.15) is 24.3 Å². The van der Waals surface area contributed by atoms with E-state index in [4.69, 9.17) is 23.1 Å². The predicted octanol–water partition coefficient (Wildman–Crippen LogP) is 1.20. The molecule has 0 aliphatic carbocycles. The van der Waals surface area contributed by atoms with Crippen LogP contribution in [0.15, 0.2) is 12.1 Å². The van der Waals surface area contributed by atoms with E-state index in [2.05, 4.69) is 5.32 Å². The molecule has 0 saturated heterocycles. The van der Waals surface area contributed by atoms with E-state index in [0.717, 1.165) is 4.88 Å². The van der Waals surface area contributed by atoms with Crippen molar-refractivity contribution in [3.8, 4) is 0 Å². The maximum atomic E-state index is 11.6. The summed E-state index contributed by atoms with van der Waals surface area (Å²) >= 11 is 7.17. The summed E-state index contributed by atoms with van der Waals surface area (Å²) in [5, 5.41) is 2.69. The van der Waals surface area contributed by atoms with Gasteiger partial charge >= 0.3 is 0 Å². The van der Waals surface area contributed by atoms with E-state index in [-0.39, 0.29) is 24.9 Å². The Bertz CT molecular complexity index is 425. The molecule has 1 rings (SSSR count). The molecule has 1 heterocycles. The molecule has 0 aliphatic rings. The topological polar surface area (TPSA) is 98.2 Å². The molecule has 0 fully saturated rings. The van der Waals surface area contributed by atoms with Gasteiger partial charge in [0.05, 0.1) is 22.8 Å². The van der Waals surface area contributed by atoms with E-state index in [0.29, 0.717) is 4.34 Å². The van der Waals surface area contributed by atoms with Crippen LogP contribution in [-0.2, 0) is 9.59 Å². The van der Waals surface area contributed by atoms with Gasteiger partial charge in [-0.15, -0.1) is 23.7 Å². The van der Waals surface area contributed by atoms with Gasteiger partial charge < -0.3 is 16.8 Å². The highest BCUT2D eigenvalue weighted by atomic mass is 35.5.